The van der Waals surface area contributed by atoms with Crippen LogP contribution in [0.3, 0.4) is 0 Å². The van der Waals surface area contributed by atoms with E-state index in [0.717, 1.165) is 4.47 Å². The Morgan fingerprint density at radius 3 is 2.75 bits per heavy atom. The van der Waals surface area contributed by atoms with Gasteiger partial charge in [0.2, 0.25) is 5.88 Å². The molecule has 1 unspecified atom stereocenters. The first-order valence-electron chi connectivity index (χ1n) is 10.2. The lowest BCUT2D eigenvalue weighted by atomic mass is 9.70. The second-order valence-corrected chi connectivity index (χ2v) is 9.68. The predicted octanol–water partition coefficient (Wildman–Crippen LogP) is 5.62. The molecule has 1 aliphatic heterocycles. The highest BCUT2D eigenvalue weighted by atomic mass is 79.9. The largest absolute Gasteiger partial charge is 0.488 e. The van der Waals surface area contributed by atoms with Crippen LogP contribution in [0.2, 0.25) is 0 Å². The number of rotatable bonds is 4. The van der Waals surface area contributed by atoms with E-state index in [9.17, 15) is 14.4 Å². The molecule has 5 nitrogen and oxygen atoms in total. The SMILES string of the molecule is CC1(C)CC(=O)C2=C(C1)OC(N)=C(C#N)C2c1cc(Br)ccc1OCc1ccccc1F. The van der Waals surface area contributed by atoms with Crippen molar-refractivity contribution < 1.29 is 18.7 Å². The van der Waals surface area contributed by atoms with Crippen LogP contribution in [-0.4, -0.2) is 5.78 Å². The van der Waals surface area contributed by atoms with Gasteiger partial charge in [-0.05, 0) is 29.7 Å². The Bertz CT molecular complexity index is 1210. The standard InChI is InChI=1S/C25H22BrFN2O3/c1-25(2)10-19(30)23-21(11-25)32-24(29)17(12-28)22(23)16-9-15(26)7-8-20(16)31-13-14-5-3-4-6-18(14)27/h3-9,22H,10-11,13,29H2,1-2H3. The van der Waals surface area contributed by atoms with Crippen molar-refractivity contribution in [1.82, 2.24) is 0 Å². The van der Waals surface area contributed by atoms with Crippen molar-refractivity contribution >= 4 is 21.7 Å². The molecule has 0 aromatic heterocycles. The second-order valence-electron chi connectivity index (χ2n) is 8.76. The van der Waals surface area contributed by atoms with Gasteiger partial charge in [-0.15, -0.1) is 0 Å². The molecule has 164 valence electrons. The average molecular weight is 497 g/mol. The van der Waals surface area contributed by atoms with E-state index in [1.165, 1.54) is 6.07 Å². The van der Waals surface area contributed by atoms with Crippen LogP contribution in [0.25, 0.3) is 0 Å². The van der Waals surface area contributed by atoms with Gasteiger partial charge >= 0.3 is 0 Å². The minimum atomic E-state index is -0.722. The summed E-state index contributed by atoms with van der Waals surface area (Å²) in [7, 11) is 0. The number of nitrogens with zero attached hydrogens (tertiary/aromatic N) is 1. The Kier molecular flexibility index (Phi) is 5.83. The van der Waals surface area contributed by atoms with Gasteiger partial charge in [-0.2, -0.15) is 5.26 Å². The maximum atomic E-state index is 14.1. The molecule has 0 saturated carbocycles. The molecule has 2 aliphatic rings. The number of hydrogen-bond acceptors (Lipinski definition) is 5. The van der Waals surface area contributed by atoms with Crippen LogP contribution >= 0.6 is 15.9 Å². The van der Waals surface area contributed by atoms with Crippen LogP contribution in [0.4, 0.5) is 4.39 Å². The van der Waals surface area contributed by atoms with Gasteiger partial charge in [0.25, 0.3) is 0 Å². The van der Waals surface area contributed by atoms with E-state index in [1.807, 2.05) is 13.8 Å². The zero-order valence-electron chi connectivity index (χ0n) is 17.7. The normalized spacial score (nSPS) is 19.8. The van der Waals surface area contributed by atoms with Crippen LogP contribution < -0.4 is 10.5 Å². The molecule has 4 rings (SSSR count). The third-order valence-electron chi connectivity index (χ3n) is 5.70. The fourth-order valence-corrected chi connectivity index (χ4v) is 4.62. The summed E-state index contributed by atoms with van der Waals surface area (Å²) in [5, 5.41) is 9.87. The van der Waals surface area contributed by atoms with E-state index in [1.54, 1.807) is 36.4 Å². The molecule has 0 bridgehead atoms. The number of nitrogens with two attached hydrogens (primary N) is 1. The number of halogens is 2. The lowest BCUT2D eigenvalue weighted by Gasteiger charge is -2.37. The van der Waals surface area contributed by atoms with E-state index >= 15 is 0 Å². The molecule has 1 heterocycles. The first-order chi connectivity index (χ1) is 15.2. The van der Waals surface area contributed by atoms with E-state index in [2.05, 4.69) is 22.0 Å². The summed E-state index contributed by atoms with van der Waals surface area (Å²) in [4.78, 5) is 13.2. The number of ether oxygens (including phenoxy) is 2. The first kappa shape index (κ1) is 22.1. The van der Waals surface area contributed by atoms with Crippen LogP contribution in [0.5, 0.6) is 5.75 Å². The zero-order chi connectivity index (χ0) is 23.0. The molecule has 0 saturated heterocycles. The van der Waals surface area contributed by atoms with Crippen LogP contribution in [0.15, 0.2) is 69.7 Å². The zero-order valence-corrected chi connectivity index (χ0v) is 19.3. The summed E-state index contributed by atoms with van der Waals surface area (Å²) >= 11 is 3.47. The summed E-state index contributed by atoms with van der Waals surface area (Å²) in [6, 6.07) is 13.8. The predicted molar refractivity (Wildman–Crippen MR) is 121 cm³/mol. The third-order valence-corrected chi connectivity index (χ3v) is 6.19. The topological polar surface area (TPSA) is 85.3 Å². The van der Waals surface area contributed by atoms with Gasteiger partial charge in [-0.25, -0.2) is 4.39 Å². The maximum absolute atomic E-state index is 14.1. The number of Topliss-reactive ketones (excluding diaryl/α,β-unsaturated/α-hetero) is 1. The van der Waals surface area contributed by atoms with Gasteiger partial charge in [0.05, 0.1) is 5.92 Å². The van der Waals surface area contributed by atoms with Crippen LogP contribution in [0, 0.1) is 22.6 Å². The van der Waals surface area contributed by atoms with Crippen molar-refractivity contribution in [1.29, 1.82) is 5.26 Å². The third kappa shape index (κ3) is 4.15. The van der Waals surface area contributed by atoms with E-state index in [4.69, 9.17) is 15.2 Å². The van der Waals surface area contributed by atoms with Crippen molar-refractivity contribution in [2.45, 2.75) is 39.2 Å². The fraction of sp³-hybridized carbons (Fsp3) is 0.280. The molecule has 0 spiro atoms. The molecule has 1 atom stereocenters. The number of benzene rings is 2. The molecular weight excluding hydrogens is 475 g/mol. The van der Waals surface area contributed by atoms with Crippen molar-refractivity contribution in [2.75, 3.05) is 0 Å². The summed E-state index contributed by atoms with van der Waals surface area (Å²) in [5.41, 5.74) is 7.44. The Balaban J connectivity index is 1.81. The first-order valence-corrected chi connectivity index (χ1v) is 11.0. The number of nitriles is 1. The van der Waals surface area contributed by atoms with Gasteiger partial charge in [-0.3, -0.25) is 4.79 Å². The molecule has 0 amide bonds. The van der Waals surface area contributed by atoms with Crippen molar-refractivity contribution in [3.63, 3.8) is 0 Å². The molecule has 0 radical (unpaired) electrons. The van der Waals surface area contributed by atoms with E-state index in [0.29, 0.717) is 41.1 Å². The highest BCUT2D eigenvalue weighted by Crippen LogP contribution is 2.49. The van der Waals surface area contributed by atoms with Crippen LogP contribution in [-0.2, 0) is 16.1 Å². The fourth-order valence-electron chi connectivity index (χ4n) is 4.24. The second kappa shape index (κ2) is 8.44. The van der Waals surface area contributed by atoms with Crippen molar-refractivity contribution in [3.8, 4) is 11.8 Å². The Hall–Kier alpha value is -3.11. The van der Waals surface area contributed by atoms with Gasteiger partial charge in [0, 0.05) is 34.0 Å². The summed E-state index contributed by atoms with van der Waals surface area (Å²) < 4.78 is 26.6. The molecule has 0 fully saturated rings. The Morgan fingerprint density at radius 1 is 1.28 bits per heavy atom. The Morgan fingerprint density at radius 2 is 2.03 bits per heavy atom. The quantitative estimate of drug-likeness (QED) is 0.593. The molecule has 7 heteroatoms. The van der Waals surface area contributed by atoms with Gasteiger partial charge in [0.15, 0.2) is 5.78 Å². The average Bonchev–Trinajstić information content (AvgIpc) is 2.72. The van der Waals surface area contributed by atoms with E-state index < -0.39 is 5.92 Å². The molecular formula is C25H22BrFN2O3. The summed E-state index contributed by atoms with van der Waals surface area (Å²) in [5.74, 6) is -0.251. The van der Waals surface area contributed by atoms with Gasteiger partial charge in [-0.1, -0.05) is 48.0 Å². The highest BCUT2D eigenvalue weighted by molar-refractivity contribution is 9.10. The number of allylic oxidation sites excluding steroid dienone is 3. The van der Waals surface area contributed by atoms with Gasteiger partial charge in [0.1, 0.15) is 35.6 Å². The van der Waals surface area contributed by atoms with Crippen LogP contribution in [0.1, 0.15) is 43.7 Å². The van der Waals surface area contributed by atoms with Crippen molar-refractivity contribution in [3.05, 3.63) is 86.7 Å². The smallest absolute Gasteiger partial charge is 0.205 e. The van der Waals surface area contributed by atoms with E-state index in [-0.39, 0.29) is 35.1 Å². The molecule has 32 heavy (non-hydrogen) atoms. The minimum absolute atomic E-state index is 0.00150. The summed E-state index contributed by atoms with van der Waals surface area (Å²) in [6.07, 6.45) is 0.868. The monoisotopic (exact) mass is 496 g/mol. The number of hydrogen-bond donors (Lipinski definition) is 1. The van der Waals surface area contributed by atoms with Crippen molar-refractivity contribution in [2.24, 2.45) is 11.1 Å². The van der Waals surface area contributed by atoms with Gasteiger partial charge < -0.3 is 15.2 Å². The number of carbonyl (C=O) groups is 1. The number of carbonyl (C=O) groups excluding carboxylic acids is 1. The lowest BCUT2D eigenvalue weighted by molar-refractivity contribution is -0.119. The molecule has 2 aromatic carbocycles. The number of ketones is 1. The summed E-state index contributed by atoms with van der Waals surface area (Å²) in [6.45, 7) is 3.99. The molecule has 2 aromatic rings. The molecule has 2 N–H and O–H groups in total. The molecule has 1 aliphatic carbocycles. The highest BCUT2D eigenvalue weighted by Gasteiger charge is 2.43. The lowest BCUT2D eigenvalue weighted by Crippen LogP contribution is -2.33. The Labute approximate surface area is 194 Å². The minimum Gasteiger partial charge on any atom is -0.488 e. The maximum Gasteiger partial charge on any atom is 0.205 e.